The van der Waals surface area contributed by atoms with Crippen molar-refractivity contribution in [2.45, 2.75) is 6.54 Å². The van der Waals surface area contributed by atoms with E-state index in [2.05, 4.69) is 58.0 Å². The SMILES string of the molecule is O=C(c1ccco1)N1CCN(Cc2c(-c3ccc(Cl)cc3)nc3ccc(-c4cc5ccccc5s4)cn23)CC1. The number of furan rings is 1. The highest BCUT2D eigenvalue weighted by atomic mass is 35.5. The van der Waals surface area contributed by atoms with Gasteiger partial charge in [0.1, 0.15) is 5.65 Å². The molecule has 1 aliphatic rings. The number of carbonyl (C=O) groups excluding carboxylic acids is 1. The molecule has 2 aromatic carbocycles. The summed E-state index contributed by atoms with van der Waals surface area (Å²) in [5.74, 6) is 0.341. The first-order valence-electron chi connectivity index (χ1n) is 12.9. The number of imidazole rings is 1. The maximum atomic E-state index is 12.8. The molecule has 0 radical (unpaired) electrons. The van der Waals surface area contributed by atoms with Gasteiger partial charge in [0.05, 0.1) is 17.7 Å². The van der Waals surface area contributed by atoms with Gasteiger partial charge in [-0.1, -0.05) is 41.9 Å². The van der Waals surface area contributed by atoms with E-state index < -0.39 is 0 Å². The van der Waals surface area contributed by atoms with Crippen LogP contribution in [0.25, 0.3) is 37.4 Å². The van der Waals surface area contributed by atoms with Crippen LogP contribution in [0, 0.1) is 0 Å². The fourth-order valence-electron chi connectivity index (χ4n) is 5.23. The molecule has 0 bridgehead atoms. The lowest BCUT2D eigenvalue weighted by atomic mass is 10.1. The summed E-state index contributed by atoms with van der Waals surface area (Å²) in [7, 11) is 0. The highest BCUT2D eigenvalue weighted by molar-refractivity contribution is 7.22. The van der Waals surface area contributed by atoms with Crippen molar-refractivity contribution in [3.8, 4) is 21.7 Å². The minimum Gasteiger partial charge on any atom is -0.459 e. The van der Waals surface area contributed by atoms with E-state index in [0.29, 0.717) is 23.9 Å². The summed E-state index contributed by atoms with van der Waals surface area (Å²) in [4.78, 5) is 23.3. The molecule has 0 atom stereocenters. The summed E-state index contributed by atoms with van der Waals surface area (Å²) in [6.07, 6.45) is 3.75. The lowest BCUT2D eigenvalue weighted by Crippen LogP contribution is -2.48. The number of aromatic nitrogens is 2. The Bertz CT molecular complexity index is 1750. The van der Waals surface area contributed by atoms with Gasteiger partial charge in [-0.25, -0.2) is 4.98 Å². The molecule has 0 unspecified atom stereocenters. The highest BCUT2D eigenvalue weighted by Crippen LogP contribution is 2.35. The number of hydrogen-bond donors (Lipinski definition) is 0. The molecule has 6 aromatic rings. The molecule has 39 heavy (non-hydrogen) atoms. The van der Waals surface area contributed by atoms with Crippen molar-refractivity contribution < 1.29 is 9.21 Å². The molecule has 7 rings (SSSR count). The Morgan fingerprint density at radius 3 is 2.49 bits per heavy atom. The van der Waals surface area contributed by atoms with Gasteiger partial charge >= 0.3 is 0 Å². The second-order valence-electron chi connectivity index (χ2n) is 9.75. The van der Waals surface area contributed by atoms with E-state index in [0.717, 1.165) is 42.2 Å². The Kier molecular flexibility index (Phi) is 6.19. The Hall–Kier alpha value is -3.91. The lowest BCUT2D eigenvalue weighted by molar-refractivity contribution is 0.0596. The maximum absolute atomic E-state index is 12.8. The number of fused-ring (bicyclic) bond motifs is 2. The van der Waals surface area contributed by atoms with Crippen LogP contribution >= 0.6 is 22.9 Å². The Morgan fingerprint density at radius 2 is 1.72 bits per heavy atom. The quantitative estimate of drug-likeness (QED) is 0.229. The fourth-order valence-corrected chi connectivity index (χ4v) is 6.41. The van der Waals surface area contributed by atoms with E-state index in [1.54, 1.807) is 29.7 Å². The van der Waals surface area contributed by atoms with Gasteiger partial charge in [-0.2, -0.15) is 0 Å². The normalized spacial score (nSPS) is 14.4. The summed E-state index contributed by atoms with van der Waals surface area (Å²) in [6.45, 7) is 3.57. The topological polar surface area (TPSA) is 54.0 Å². The summed E-state index contributed by atoms with van der Waals surface area (Å²) < 4.78 is 8.83. The number of halogens is 1. The zero-order valence-corrected chi connectivity index (χ0v) is 22.7. The number of amides is 1. The van der Waals surface area contributed by atoms with Crippen molar-refractivity contribution in [3.63, 3.8) is 0 Å². The van der Waals surface area contributed by atoms with Crippen molar-refractivity contribution >= 4 is 44.6 Å². The average molecular weight is 553 g/mol. The number of benzene rings is 2. The molecule has 1 amide bonds. The summed E-state index contributed by atoms with van der Waals surface area (Å²) >= 11 is 8.00. The summed E-state index contributed by atoms with van der Waals surface area (Å²) in [6, 6.07) is 26.3. The van der Waals surface area contributed by atoms with Gasteiger partial charge in [-0.05, 0) is 53.9 Å². The molecule has 4 aromatic heterocycles. The molecule has 1 aliphatic heterocycles. The molecule has 8 heteroatoms. The van der Waals surface area contributed by atoms with Gasteiger partial charge in [-0.3, -0.25) is 9.69 Å². The molecule has 0 spiro atoms. The maximum Gasteiger partial charge on any atom is 0.289 e. The number of nitrogens with zero attached hydrogens (tertiary/aromatic N) is 4. The van der Waals surface area contributed by atoms with E-state index in [1.807, 2.05) is 29.2 Å². The first kappa shape index (κ1) is 24.2. The van der Waals surface area contributed by atoms with Crippen LogP contribution in [0.4, 0.5) is 0 Å². The number of thiophene rings is 1. The van der Waals surface area contributed by atoms with Gasteiger partial charge < -0.3 is 13.7 Å². The fraction of sp³-hybridized carbons (Fsp3) is 0.161. The number of rotatable bonds is 5. The third kappa shape index (κ3) is 4.63. The number of hydrogen-bond acceptors (Lipinski definition) is 5. The van der Waals surface area contributed by atoms with Gasteiger partial charge in [0.2, 0.25) is 0 Å². The molecule has 6 nitrogen and oxygen atoms in total. The van der Waals surface area contributed by atoms with Crippen molar-refractivity contribution in [2.24, 2.45) is 0 Å². The van der Waals surface area contributed by atoms with Gasteiger partial charge in [0.25, 0.3) is 5.91 Å². The van der Waals surface area contributed by atoms with Crippen LogP contribution in [-0.4, -0.2) is 51.3 Å². The third-order valence-electron chi connectivity index (χ3n) is 7.31. The minimum absolute atomic E-state index is 0.0516. The van der Waals surface area contributed by atoms with Crippen LogP contribution in [0.2, 0.25) is 5.02 Å². The van der Waals surface area contributed by atoms with Gasteiger partial charge in [0, 0.05) is 64.6 Å². The standard InChI is InChI=1S/C31H25ClN4O2S/c32-24-10-7-21(8-11-24)30-25(20-34-13-15-35(16-14-34)31(37)26-5-3-17-38-26)36-19-23(9-12-29(36)33-30)28-18-22-4-1-2-6-27(22)39-28/h1-12,17-19H,13-16,20H2. The van der Waals surface area contributed by atoms with Gasteiger partial charge in [-0.15, -0.1) is 11.3 Å². The number of piperazine rings is 1. The lowest BCUT2D eigenvalue weighted by Gasteiger charge is -2.34. The van der Waals surface area contributed by atoms with E-state index in [-0.39, 0.29) is 5.91 Å². The molecule has 194 valence electrons. The van der Waals surface area contributed by atoms with Crippen LogP contribution in [-0.2, 0) is 6.54 Å². The highest BCUT2D eigenvalue weighted by Gasteiger charge is 2.25. The van der Waals surface area contributed by atoms with Crippen molar-refractivity contribution in [3.05, 3.63) is 108 Å². The molecule has 5 heterocycles. The molecular formula is C31H25ClN4O2S. The molecule has 1 fully saturated rings. The smallest absolute Gasteiger partial charge is 0.289 e. The Morgan fingerprint density at radius 1 is 0.923 bits per heavy atom. The molecular weight excluding hydrogens is 528 g/mol. The van der Waals surface area contributed by atoms with E-state index in [1.165, 1.54) is 20.5 Å². The monoisotopic (exact) mass is 552 g/mol. The second kappa shape index (κ2) is 10.0. The molecule has 0 aliphatic carbocycles. The summed E-state index contributed by atoms with van der Waals surface area (Å²) in [5, 5.41) is 1.96. The molecule has 1 saturated heterocycles. The Labute approximate surface area is 234 Å². The third-order valence-corrected chi connectivity index (χ3v) is 8.73. The van der Waals surface area contributed by atoms with Crippen LogP contribution < -0.4 is 0 Å². The number of carbonyl (C=O) groups is 1. The van der Waals surface area contributed by atoms with Crippen molar-refractivity contribution in [1.29, 1.82) is 0 Å². The average Bonchev–Trinajstić information content (AvgIpc) is 3.73. The number of pyridine rings is 1. The van der Waals surface area contributed by atoms with Crippen LogP contribution in [0.1, 0.15) is 16.2 Å². The Balaban J connectivity index is 1.23. The van der Waals surface area contributed by atoms with Gasteiger partial charge in [0.15, 0.2) is 5.76 Å². The van der Waals surface area contributed by atoms with Crippen molar-refractivity contribution in [2.75, 3.05) is 26.2 Å². The van der Waals surface area contributed by atoms with Crippen LogP contribution in [0.15, 0.2) is 95.7 Å². The predicted molar refractivity (Wildman–Crippen MR) is 156 cm³/mol. The summed E-state index contributed by atoms with van der Waals surface area (Å²) in [5.41, 5.74) is 5.19. The van der Waals surface area contributed by atoms with Crippen molar-refractivity contribution in [1.82, 2.24) is 19.2 Å². The van der Waals surface area contributed by atoms with E-state index in [9.17, 15) is 4.79 Å². The van der Waals surface area contributed by atoms with E-state index >= 15 is 0 Å². The zero-order valence-electron chi connectivity index (χ0n) is 21.1. The van der Waals surface area contributed by atoms with Crippen LogP contribution in [0.3, 0.4) is 0 Å². The van der Waals surface area contributed by atoms with E-state index in [4.69, 9.17) is 21.0 Å². The minimum atomic E-state index is -0.0516. The molecule has 0 saturated carbocycles. The first-order chi connectivity index (χ1) is 19.1. The predicted octanol–water partition coefficient (Wildman–Crippen LogP) is 7.09. The van der Waals surface area contributed by atoms with Crippen LogP contribution in [0.5, 0.6) is 0 Å². The molecule has 0 N–H and O–H groups in total. The second-order valence-corrected chi connectivity index (χ2v) is 11.3. The largest absolute Gasteiger partial charge is 0.459 e. The zero-order chi connectivity index (χ0) is 26.3. The first-order valence-corrected chi connectivity index (χ1v) is 14.1.